The first-order valence-electron chi connectivity index (χ1n) is 9.00. The number of hydrogen-bond donors (Lipinski definition) is 1. The summed E-state index contributed by atoms with van der Waals surface area (Å²) in [6.45, 7) is 3.39. The first-order chi connectivity index (χ1) is 11.7. The lowest BCUT2D eigenvalue weighted by molar-refractivity contribution is -0.132. The number of hydrogen-bond acceptors (Lipinski definition) is 3. The first kappa shape index (κ1) is 16.8. The molecule has 2 fully saturated rings. The molecule has 24 heavy (non-hydrogen) atoms. The van der Waals surface area contributed by atoms with E-state index in [0.29, 0.717) is 24.6 Å². The minimum Gasteiger partial charge on any atom is -0.491 e. The maximum absolute atomic E-state index is 12.1. The summed E-state index contributed by atoms with van der Waals surface area (Å²) >= 11 is 0. The largest absolute Gasteiger partial charge is 0.491 e. The Kier molecular flexibility index (Phi) is 5.38. The zero-order chi connectivity index (χ0) is 16.9. The first-order valence-corrected chi connectivity index (χ1v) is 9.00. The van der Waals surface area contributed by atoms with Crippen LogP contribution in [0.2, 0.25) is 0 Å². The standard InChI is InChI=1S/C19H26N2O3/c1-2-4-18(22)21-12-3-5-16(21)13-24-17-10-6-14(7-11-17)19(23)20-15-8-9-15/h6-7,10-11,15-16H,2-5,8-9,12-13H2,1H3,(H,20,23). The van der Waals surface area contributed by atoms with Gasteiger partial charge in [-0.2, -0.15) is 0 Å². The molecule has 1 saturated heterocycles. The fourth-order valence-corrected chi connectivity index (χ4v) is 3.09. The molecule has 1 atom stereocenters. The quantitative estimate of drug-likeness (QED) is 0.836. The Bertz CT molecular complexity index is 581. The van der Waals surface area contributed by atoms with Crippen LogP contribution in [-0.4, -0.2) is 41.9 Å². The molecule has 2 aliphatic rings. The molecule has 0 spiro atoms. The highest BCUT2D eigenvalue weighted by Crippen LogP contribution is 2.22. The van der Waals surface area contributed by atoms with E-state index in [0.717, 1.165) is 44.4 Å². The van der Waals surface area contributed by atoms with Gasteiger partial charge in [-0.15, -0.1) is 0 Å². The number of carbonyl (C=O) groups is 2. The maximum atomic E-state index is 12.1. The molecule has 1 aromatic carbocycles. The highest BCUT2D eigenvalue weighted by Gasteiger charge is 2.28. The summed E-state index contributed by atoms with van der Waals surface area (Å²) < 4.78 is 5.85. The van der Waals surface area contributed by atoms with Crippen molar-refractivity contribution in [2.24, 2.45) is 0 Å². The van der Waals surface area contributed by atoms with Crippen LogP contribution in [0.25, 0.3) is 0 Å². The van der Waals surface area contributed by atoms with Gasteiger partial charge < -0.3 is 15.0 Å². The minimum atomic E-state index is -0.0174. The van der Waals surface area contributed by atoms with Crippen LogP contribution in [0.3, 0.4) is 0 Å². The van der Waals surface area contributed by atoms with Crippen LogP contribution >= 0.6 is 0 Å². The molecular weight excluding hydrogens is 304 g/mol. The third-order valence-corrected chi connectivity index (χ3v) is 4.63. The smallest absolute Gasteiger partial charge is 0.251 e. The fraction of sp³-hybridized carbons (Fsp3) is 0.579. The van der Waals surface area contributed by atoms with Crippen LogP contribution < -0.4 is 10.1 Å². The van der Waals surface area contributed by atoms with Crippen molar-refractivity contribution < 1.29 is 14.3 Å². The molecule has 1 aromatic rings. The van der Waals surface area contributed by atoms with Crippen molar-refractivity contribution in [3.63, 3.8) is 0 Å². The van der Waals surface area contributed by atoms with Crippen molar-refractivity contribution >= 4 is 11.8 Å². The number of carbonyl (C=O) groups excluding carboxylic acids is 2. The van der Waals surface area contributed by atoms with Crippen molar-refractivity contribution in [3.05, 3.63) is 29.8 Å². The molecule has 1 saturated carbocycles. The number of ether oxygens (including phenoxy) is 1. The van der Waals surface area contributed by atoms with Crippen LogP contribution in [0.4, 0.5) is 0 Å². The SMILES string of the molecule is CCCC(=O)N1CCCC1COc1ccc(C(=O)NC2CC2)cc1. The maximum Gasteiger partial charge on any atom is 0.251 e. The van der Waals surface area contributed by atoms with Crippen molar-refractivity contribution in [2.45, 2.75) is 57.5 Å². The molecule has 1 aliphatic heterocycles. The van der Waals surface area contributed by atoms with Gasteiger partial charge in [-0.1, -0.05) is 6.92 Å². The number of nitrogens with zero attached hydrogens (tertiary/aromatic N) is 1. The second-order valence-electron chi connectivity index (χ2n) is 6.72. The normalized spacial score (nSPS) is 20.0. The summed E-state index contributed by atoms with van der Waals surface area (Å²) in [7, 11) is 0. The topological polar surface area (TPSA) is 58.6 Å². The number of benzene rings is 1. The zero-order valence-electron chi connectivity index (χ0n) is 14.3. The summed E-state index contributed by atoms with van der Waals surface area (Å²) in [6.07, 6.45) is 5.71. The lowest BCUT2D eigenvalue weighted by atomic mass is 10.2. The zero-order valence-corrected chi connectivity index (χ0v) is 14.3. The summed E-state index contributed by atoms with van der Waals surface area (Å²) in [5.74, 6) is 0.958. The molecule has 1 N–H and O–H groups in total. The Hall–Kier alpha value is -2.04. The number of nitrogens with one attached hydrogen (secondary N) is 1. The molecule has 0 aromatic heterocycles. The minimum absolute atomic E-state index is 0.0174. The predicted octanol–water partition coefficient (Wildman–Crippen LogP) is 2.75. The second-order valence-corrected chi connectivity index (χ2v) is 6.72. The number of amides is 2. The van der Waals surface area contributed by atoms with E-state index in [4.69, 9.17) is 4.74 Å². The highest BCUT2D eigenvalue weighted by atomic mass is 16.5. The number of rotatable bonds is 7. The van der Waals surface area contributed by atoms with E-state index in [1.54, 1.807) is 12.1 Å². The molecule has 5 heteroatoms. The Morgan fingerprint density at radius 1 is 1.21 bits per heavy atom. The molecule has 2 amide bonds. The van der Waals surface area contributed by atoms with Gasteiger partial charge in [-0.05, 0) is 56.4 Å². The van der Waals surface area contributed by atoms with Gasteiger partial charge in [0.05, 0.1) is 6.04 Å². The van der Waals surface area contributed by atoms with Gasteiger partial charge in [0.25, 0.3) is 5.91 Å². The number of likely N-dealkylation sites (tertiary alicyclic amines) is 1. The second kappa shape index (κ2) is 7.69. The Morgan fingerprint density at radius 3 is 2.62 bits per heavy atom. The molecule has 130 valence electrons. The third kappa shape index (κ3) is 4.28. The van der Waals surface area contributed by atoms with Crippen LogP contribution in [0, 0.1) is 0 Å². The van der Waals surface area contributed by atoms with Crippen molar-refractivity contribution in [2.75, 3.05) is 13.2 Å². The third-order valence-electron chi connectivity index (χ3n) is 4.63. The Morgan fingerprint density at radius 2 is 1.96 bits per heavy atom. The van der Waals surface area contributed by atoms with Gasteiger partial charge in [0.1, 0.15) is 12.4 Å². The van der Waals surface area contributed by atoms with E-state index >= 15 is 0 Å². The van der Waals surface area contributed by atoms with Gasteiger partial charge in [0.15, 0.2) is 0 Å². The van der Waals surface area contributed by atoms with Gasteiger partial charge in [0, 0.05) is 24.6 Å². The van der Waals surface area contributed by atoms with E-state index in [1.807, 2.05) is 24.0 Å². The Labute approximate surface area is 143 Å². The molecule has 0 bridgehead atoms. The lowest BCUT2D eigenvalue weighted by Crippen LogP contribution is -2.38. The van der Waals surface area contributed by atoms with E-state index in [9.17, 15) is 9.59 Å². The van der Waals surface area contributed by atoms with Gasteiger partial charge in [0.2, 0.25) is 5.91 Å². The van der Waals surface area contributed by atoms with Crippen LogP contribution in [-0.2, 0) is 4.79 Å². The van der Waals surface area contributed by atoms with Crippen LogP contribution in [0.15, 0.2) is 24.3 Å². The van der Waals surface area contributed by atoms with E-state index in [1.165, 1.54) is 0 Å². The van der Waals surface area contributed by atoms with E-state index < -0.39 is 0 Å². The summed E-state index contributed by atoms with van der Waals surface area (Å²) in [5, 5.41) is 2.97. The molecule has 5 nitrogen and oxygen atoms in total. The summed E-state index contributed by atoms with van der Waals surface area (Å²) in [5.41, 5.74) is 0.662. The van der Waals surface area contributed by atoms with Gasteiger partial charge >= 0.3 is 0 Å². The summed E-state index contributed by atoms with van der Waals surface area (Å²) in [4.78, 5) is 26.0. The average molecular weight is 330 g/mol. The highest BCUT2D eigenvalue weighted by molar-refractivity contribution is 5.94. The van der Waals surface area contributed by atoms with E-state index in [-0.39, 0.29) is 17.9 Å². The molecular formula is C19H26N2O3. The summed E-state index contributed by atoms with van der Waals surface area (Å²) in [6, 6.07) is 7.78. The molecule has 1 aliphatic carbocycles. The molecule has 3 rings (SSSR count). The molecule has 1 heterocycles. The van der Waals surface area contributed by atoms with Crippen LogP contribution in [0.1, 0.15) is 55.8 Å². The van der Waals surface area contributed by atoms with Crippen molar-refractivity contribution in [3.8, 4) is 5.75 Å². The van der Waals surface area contributed by atoms with Gasteiger partial charge in [-0.3, -0.25) is 9.59 Å². The fourth-order valence-electron chi connectivity index (χ4n) is 3.09. The van der Waals surface area contributed by atoms with Gasteiger partial charge in [-0.25, -0.2) is 0 Å². The Balaban J connectivity index is 1.50. The average Bonchev–Trinajstić information content (AvgIpc) is 3.27. The molecule has 1 unspecified atom stereocenters. The lowest BCUT2D eigenvalue weighted by Gasteiger charge is -2.24. The van der Waals surface area contributed by atoms with E-state index in [2.05, 4.69) is 5.32 Å². The monoisotopic (exact) mass is 330 g/mol. The van der Waals surface area contributed by atoms with Crippen molar-refractivity contribution in [1.29, 1.82) is 0 Å². The van der Waals surface area contributed by atoms with Crippen molar-refractivity contribution in [1.82, 2.24) is 10.2 Å². The molecule has 0 radical (unpaired) electrons. The predicted molar refractivity (Wildman–Crippen MR) is 92.1 cm³/mol. The van der Waals surface area contributed by atoms with Crippen LogP contribution in [0.5, 0.6) is 5.75 Å².